The summed E-state index contributed by atoms with van der Waals surface area (Å²) in [6, 6.07) is 19.9. The first-order valence-electron chi connectivity index (χ1n) is 9.36. The van der Waals surface area contributed by atoms with Gasteiger partial charge in [0, 0.05) is 25.2 Å². The third-order valence-corrected chi connectivity index (χ3v) is 5.37. The van der Waals surface area contributed by atoms with Crippen molar-refractivity contribution in [3.05, 3.63) is 71.3 Å². The van der Waals surface area contributed by atoms with Crippen LogP contribution in [0.5, 0.6) is 0 Å². The van der Waals surface area contributed by atoms with Crippen LogP contribution in [0.1, 0.15) is 43.0 Å². The molecule has 3 unspecified atom stereocenters. The Morgan fingerprint density at radius 2 is 1.88 bits per heavy atom. The van der Waals surface area contributed by atoms with E-state index in [0.29, 0.717) is 18.0 Å². The lowest BCUT2D eigenvalue weighted by Crippen LogP contribution is -2.29. The Hall–Kier alpha value is -1.68. The van der Waals surface area contributed by atoms with Crippen LogP contribution in [0, 0.1) is 5.92 Å². The van der Waals surface area contributed by atoms with E-state index in [-0.39, 0.29) is 6.61 Å². The Morgan fingerprint density at radius 1 is 1.12 bits per heavy atom. The van der Waals surface area contributed by atoms with Crippen molar-refractivity contribution in [3.63, 3.8) is 0 Å². The summed E-state index contributed by atoms with van der Waals surface area (Å²) in [4.78, 5) is 2.60. The summed E-state index contributed by atoms with van der Waals surface area (Å²) in [5.74, 6) is 0.696. The summed E-state index contributed by atoms with van der Waals surface area (Å²) in [6.45, 7) is 7.90. The standard InChI is InChI=1S/C22H30N2O/c1-17-11-21(15-24(17)14-19-7-4-3-5-8-19)13-23-18(2)22-10-6-9-20(12-22)16-25/h3-10,12,17-18,21,23,25H,11,13-16H2,1-2H3. The fourth-order valence-electron chi connectivity index (χ4n) is 3.83. The molecule has 3 nitrogen and oxygen atoms in total. The van der Waals surface area contributed by atoms with E-state index in [9.17, 15) is 5.11 Å². The maximum absolute atomic E-state index is 9.30. The van der Waals surface area contributed by atoms with Gasteiger partial charge in [0.1, 0.15) is 0 Å². The van der Waals surface area contributed by atoms with Crippen LogP contribution >= 0.6 is 0 Å². The first-order chi connectivity index (χ1) is 12.2. The number of hydrogen-bond acceptors (Lipinski definition) is 3. The highest BCUT2D eigenvalue weighted by Gasteiger charge is 2.28. The molecule has 1 aliphatic heterocycles. The van der Waals surface area contributed by atoms with Gasteiger partial charge in [-0.05, 0) is 49.4 Å². The molecule has 1 saturated heterocycles. The van der Waals surface area contributed by atoms with Gasteiger partial charge in [-0.3, -0.25) is 4.90 Å². The molecule has 1 heterocycles. The smallest absolute Gasteiger partial charge is 0.0681 e. The van der Waals surface area contributed by atoms with Crippen molar-refractivity contribution in [2.75, 3.05) is 13.1 Å². The van der Waals surface area contributed by atoms with Crippen molar-refractivity contribution in [1.82, 2.24) is 10.2 Å². The predicted octanol–water partition coefficient (Wildman–Crippen LogP) is 3.74. The minimum absolute atomic E-state index is 0.106. The number of aliphatic hydroxyl groups excluding tert-OH is 1. The number of hydrogen-bond donors (Lipinski definition) is 2. The lowest BCUT2D eigenvalue weighted by Gasteiger charge is -2.21. The molecule has 3 atom stereocenters. The topological polar surface area (TPSA) is 35.5 Å². The molecule has 1 aliphatic rings. The highest BCUT2D eigenvalue weighted by atomic mass is 16.3. The van der Waals surface area contributed by atoms with Gasteiger partial charge in [0.2, 0.25) is 0 Å². The summed E-state index contributed by atoms with van der Waals surface area (Å²) in [5.41, 5.74) is 3.63. The Morgan fingerprint density at radius 3 is 2.64 bits per heavy atom. The molecule has 0 saturated carbocycles. The van der Waals surface area contributed by atoms with Crippen molar-refractivity contribution in [2.24, 2.45) is 5.92 Å². The van der Waals surface area contributed by atoms with Crippen LogP contribution in [0.3, 0.4) is 0 Å². The molecule has 0 amide bonds. The van der Waals surface area contributed by atoms with Gasteiger partial charge < -0.3 is 10.4 Å². The van der Waals surface area contributed by atoms with Crippen LogP contribution < -0.4 is 5.32 Å². The van der Waals surface area contributed by atoms with Crippen molar-refractivity contribution in [2.45, 2.75) is 45.5 Å². The van der Waals surface area contributed by atoms with E-state index >= 15 is 0 Å². The van der Waals surface area contributed by atoms with Crippen molar-refractivity contribution in [3.8, 4) is 0 Å². The second kappa shape index (κ2) is 8.61. The summed E-state index contributed by atoms with van der Waals surface area (Å²) in [5, 5.41) is 13.0. The molecule has 134 valence electrons. The molecular formula is C22H30N2O. The Kier molecular flexibility index (Phi) is 6.24. The molecule has 2 aromatic carbocycles. The fourth-order valence-corrected chi connectivity index (χ4v) is 3.83. The molecule has 1 fully saturated rings. The Bertz CT molecular complexity index is 658. The largest absolute Gasteiger partial charge is 0.392 e. The maximum Gasteiger partial charge on any atom is 0.0681 e. The van der Waals surface area contributed by atoms with Gasteiger partial charge >= 0.3 is 0 Å². The molecule has 0 aliphatic carbocycles. The minimum Gasteiger partial charge on any atom is -0.392 e. The van der Waals surface area contributed by atoms with Crippen LogP contribution in [0.4, 0.5) is 0 Å². The summed E-state index contributed by atoms with van der Waals surface area (Å²) < 4.78 is 0. The zero-order valence-corrected chi connectivity index (χ0v) is 15.4. The zero-order valence-electron chi connectivity index (χ0n) is 15.4. The average molecular weight is 338 g/mol. The molecule has 2 aromatic rings. The average Bonchev–Trinajstić information content (AvgIpc) is 3.00. The number of benzene rings is 2. The highest BCUT2D eigenvalue weighted by molar-refractivity contribution is 5.25. The lowest BCUT2D eigenvalue weighted by atomic mass is 10.0. The number of aliphatic hydroxyl groups is 1. The molecule has 25 heavy (non-hydrogen) atoms. The van der Waals surface area contributed by atoms with Gasteiger partial charge in [-0.1, -0.05) is 54.6 Å². The molecule has 0 aromatic heterocycles. The van der Waals surface area contributed by atoms with Crippen LogP contribution in [0.15, 0.2) is 54.6 Å². The molecule has 3 heteroatoms. The van der Waals surface area contributed by atoms with Crippen LogP contribution in [0.25, 0.3) is 0 Å². The van der Waals surface area contributed by atoms with Crippen molar-refractivity contribution >= 4 is 0 Å². The van der Waals surface area contributed by atoms with Crippen LogP contribution in [0.2, 0.25) is 0 Å². The minimum atomic E-state index is 0.106. The third-order valence-electron chi connectivity index (χ3n) is 5.37. The highest BCUT2D eigenvalue weighted by Crippen LogP contribution is 2.25. The lowest BCUT2D eigenvalue weighted by molar-refractivity contribution is 0.254. The molecular weight excluding hydrogens is 308 g/mol. The Balaban J connectivity index is 1.50. The van der Waals surface area contributed by atoms with Gasteiger partial charge in [-0.15, -0.1) is 0 Å². The number of nitrogens with one attached hydrogen (secondary N) is 1. The second-order valence-corrected chi connectivity index (χ2v) is 7.40. The first-order valence-corrected chi connectivity index (χ1v) is 9.36. The molecule has 3 rings (SSSR count). The zero-order chi connectivity index (χ0) is 17.6. The van der Waals surface area contributed by atoms with E-state index in [4.69, 9.17) is 0 Å². The number of rotatable bonds is 7. The Labute approximate surface area is 151 Å². The van der Waals surface area contributed by atoms with Gasteiger partial charge in [0.15, 0.2) is 0 Å². The second-order valence-electron chi connectivity index (χ2n) is 7.40. The van der Waals surface area contributed by atoms with Gasteiger partial charge in [-0.25, -0.2) is 0 Å². The maximum atomic E-state index is 9.30. The monoisotopic (exact) mass is 338 g/mol. The SMILES string of the molecule is CC(NCC1CC(C)N(Cc2ccccc2)C1)c1cccc(CO)c1. The fraction of sp³-hybridized carbons (Fsp3) is 0.455. The molecule has 0 spiro atoms. The van der Waals surface area contributed by atoms with E-state index in [1.807, 2.05) is 12.1 Å². The quantitative estimate of drug-likeness (QED) is 0.807. The summed E-state index contributed by atoms with van der Waals surface area (Å²) in [7, 11) is 0. The van der Waals surface area contributed by atoms with Gasteiger partial charge in [0.25, 0.3) is 0 Å². The first kappa shape index (κ1) is 18.1. The van der Waals surface area contributed by atoms with E-state index in [1.165, 1.54) is 17.5 Å². The van der Waals surface area contributed by atoms with E-state index in [2.05, 4.69) is 66.5 Å². The van der Waals surface area contributed by atoms with Crippen molar-refractivity contribution < 1.29 is 5.11 Å². The molecule has 0 bridgehead atoms. The molecule has 0 radical (unpaired) electrons. The predicted molar refractivity (Wildman–Crippen MR) is 103 cm³/mol. The third kappa shape index (κ3) is 4.91. The molecule has 2 N–H and O–H groups in total. The number of nitrogens with zero attached hydrogens (tertiary/aromatic N) is 1. The van der Waals surface area contributed by atoms with Gasteiger partial charge in [0.05, 0.1) is 6.61 Å². The van der Waals surface area contributed by atoms with Crippen LogP contribution in [-0.4, -0.2) is 29.1 Å². The van der Waals surface area contributed by atoms with Crippen molar-refractivity contribution in [1.29, 1.82) is 0 Å². The van der Waals surface area contributed by atoms with E-state index in [0.717, 1.165) is 25.2 Å². The number of likely N-dealkylation sites (tertiary alicyclic amines) is 1. The van der Waals surface area contributed by atoms with E-state index < -0.39 is 0 Å². The summed E-state index contributed by atoms with van der Waals surface area (Å²) in [6.07, 6.45) is 1.25. The normalized spacial score (nSPS) is 22.2. The van der Waals surface area contributed by atoms with E-state index in [1.54, 1.807) is 0 Å². The van der Waals surface area contributed by atoms with Crippen LogP contribution in [-0.2, 0) is 13.2 Å². The summed E-state index contributed by atoms with van der Waals surface area (Å²) >= 11 is 0. The van der Waals surface area contributed by atoms with Gasteiger partial charge in [-0.2, -0.15) is 0 Å².